The van der Waals surface area contributed by atoms with Crippen molar-refractivity contribution in [2.24, 2.45) is 5.84 Å². The fourth-order valence-electron chi connectivity index (χ4n) is 1.75. The van der Waals surface area contributed by atoms with Crippen molar-refractivity contribution in [3.05, 3.63) is 50.7 Å². The highest BCUT2D eigenvalue weighted by Gasteiger charge is 2.15. The summed E-state index contributed by atoms with van der Waals surface area (Å²) in [5.74, 6) is 5.18. The molecule has 0 aliphatic carbocycles. The van der Waals surface area contributed by atoms with Gasteiger partial charge in [-0.1, -0.05) is 17.7 Å². The van der Waals surface area contributed by atoms with Gasteiger partial charge in [-0.3, -0.25) is 11.3 Å². The van der Waals surface area contributed by atoms with E-state index in [4.69, 9.17) is 17.4 Å². The minimum absolute atomic E-state index is 0.181. The number of thiazole rings is 1. The number of hydrogen-bond acceptors (Lipinski definition) is 4. The maximum atomic E-state index is 13.0. The lowest BCUT2D eigenvalue weighted by Gasteiger charge is -2.16. The average molecular weight is 286 g/mol. The van der Waals surface area contributed by atoms with Crippen LogP contribution in [0.25, 0.3) is 0 Å². The molecule has 2 aromatic rings. The highest BCUT2D eigenvalue weighted by atomic mass is 35.5. The molecule has 96 valence electrons. The van der Waals surface area contributed by atoms with E-state index in [9.17, 15) is 4.39 Å². The van der Waals surface area contributed by atoms with Crippen molar-refractivity contribution in [2.75, 3.05) is 0 Å². The van der Waals surface area contributed by atoms with E-state index in [0.29, 0.717) is 11.4 Å². The van der Waals surface area contributed by atoms with E-state index < -0.39 is 0 Å². The van der Waals surface area contributed by atoms with E-state index in [0.717, 1.165) is 16.3 Å². The van der Waals surface area contributed by atoms with Gasteiger partial charge in [-0.05, 0) is 24.6 Å². The predicted molar refractivity (Wildman–Crippen MR) is 72.0 cm³/mol. The summed E-state index contributed by atoms with van der Waals surface area (Å²) in [4.78, 5) is 4.38. The van der Waals surface area contributed by atoms with Gasteiger partial charge in [-0.15, -0.1) is 11.3 Å². The molecule has 1 unspecified atom stereocenters. The van der Waals surface area contributed by atoms with Crippen LogP contribution in [-0.2, 0) is 6.42 Å². The maximum Gasteiger partial charge on any atom is 0.124 e. The number of hydrazine groups is 1. The number of nitrogens with zero attached hydrogens (tertiary/aromatic N) is 1. The van der Waals surface area contributed by atoms with Crippen LogP contribution in [0.2, 0.25) is 5.02 Å². The van der Waals surface area contributed by atoms with E-state index in [-0.39, 0.29) is 11.9 Å². The first-order valence-electron chi connectivity index (χ1n) is 5.42. The van der Waals surface area contributed by atoms with E-state index in [1.807, 2.05) is 12.3 Å². The smallest absolute Gasteiger partial charge is 0.124 e. The first kappa shape index (κ1) is 13.4. The quantitative estimate of drug-likeness (QED) is 0.671. The molecule has 18 heavy (non-hydrogen) atoms. The Labute approximate surface area is 114 Å². The minimum atomic E-state index is -0.357. The molecule has 0 saturated carbocycles. The Morgan fingerprint density at radius 3 is 2.89 bits per heavy atom. The molecule has 2 rings (SSSR count). The summed E-state index contributed by atoms with van der Waals surface area (Å²) in [6.07, 6.45) is 0.617. The number of aromatic nitrogens is 1. The summed E-state index contributed by atoms with van der Waals surface area (Å²) in [6, 6.07) is 4.12. The summed E-state index contributed by atoms with van der Waals surface area (Å²) < 4.78 is 13.0. The number of nitrogens with two attached hydrogens (primary N) is 1. The largest absolute Gasteiger partial charge is 0.271 e. The van der Waals surface area contributed by atoms with Gasteiger partial charge >= 0.3 is 0 Å². The van der Waals surface area contributed by atoms with E-state index in [2.05, 4.69) is 10.4 Å². The molecule has 1 atom stereocenters. The van der Waals surface area contributed by atoms with Gasteiger partial charge in [0.15, 0.2) is 0 Å². The molecule has 3 N–H and O–H groups in total. The van der Waals surface area contributed by atoms with Gasteiger partial charge in [0.25, 0.3) is 0 Å². The summed E-state index contributed by atoms with van der Waals surface area (Å²) in [5, 5.41) is 3.35. The summed E-state index contributed by atoms with van der Waals surface area (Å²) in [7, 11) is 0. The molecule has 0 radical (unpaired) electrons. The second-order valence-corrected chi connectivity index (χ2v) is 5.42. The summed E-state index contributed by atoms with van der Waals surface area (Å²) in [6.45, 7) is 1.95. The average Bonchev–Trinajstić information content (AvgIpc) is 2.72. The molecule has 1 heterocycles. The zero-order valence-electron chi connectivity index (χ0n) is 9.78. The molecular formula is C12H13ClFN3S. The SMILES string of the molecule is Cc1nc(CC(NN)c2ccc(F)cc2Cl)cs1. The summed E-state index contributed by atoms with van der Waals surface area (Å²) >= 11 is 7.61. The first-order valence-corrected chi connectivity index (χ1v) is 6.68. The molecule has 1 aromatic heterocycles. The van der Waals surface area contributed by atoms with Crippen LogP contribution in [0.3, 0.4) is 0 Å². The monoisotopic (exact) mass is 285 g/mol. The number of aryl methyl sites for hydroxylation is 1. The van der Waals surface area contributed by atoms with E-state index in [1.165, 1.54) is 12.1 Å². The molecule has 6 heteroatoms. The molecule has 1 aromatic carbocycles. The van der Waals surface area contributed by atoms with Gasteiger partial charge in [-0.25, -0.2) is 9.37 Å². The summed E-state index contributed by atoms with van der Waals surface area (Å²) in [5.41, 5.74) is 4.41. The Bertz CT molecular complexity index is 544. The van der Waals surface area contributed by atoms with E-state index in [1.54, 1.807) is 17.4 Å². The topological polar surface area (TPSA) is 50.9 Å². The normalized spacial score (nSPS) is 12.7. The lowest BCUT2D eigenvalue weighted by Crippen LogP contribution is -2.30. The predicted octanol–water partition coefficient (Wildman–Crippen LogP) is 2.99. The molecule has 0 bridgehead atoms. The van der Waals surface area contributed by atoms with E-state index >= 15 is 0 Å². The standard InChI is InChI=1S/C12H13ClFN3S/c1-7-16-9(6-18-7)5-12(17-15)10-3-2-8(14)4-11(10)13/h2-4,6,12,17H,5,15H2,1H3. The van der Waals surface area contributed by atoms with Crippen molar-refractivity contribution >= 4 is 22.9 Å². The van der Waals surface area contributed by atoms with Crippen LogP contribution in [0.4, 0.5) is 4.39 Å². The maximum absolute atomic E-state index is 13.0. The van der Waals surface area contributed by atoms with Crippen LogP contribution >= 0.6 is 22.9 Å². The fourth-order valence-corrected chi connectivity index (χ4v) is 2.68. The molecule has 0 saturated heterocycles. The number of benzene rings is 1. The Morgan fingerprint density at radius 2 is 2.33 bits per heavy atom. The second kappa shape index (κ2) is 5.75. The lowest BCUT2D eigenvalue weighted by atomic mass is 10.0. The molecule has 0 amide bonds. The van der Waals surface area contributed by atoms with Crippen LogP contribution in [0, 0.1) is 12.7 Å². The number of halogens is 2. The zero-order chi connectivity index (χ0) is 13.1. The van der Waals surface area contributed by atoms with Crippen molar-refractivity contribution in [1.29, 1.82) is 0 Å². The number of nitrogens with one attached hydrogen (secondary N) is 1. The van der Waals surface area contributed by atoms with Crippen molar-refractivity contribution in [3.8, 4) is 0 Å². The van der Waals surface area contributed by atoms with Crippen molar-refractivity contribution in [2.45, 2.75) is 19.4 Å². The Morgan fingerprint density at radius 1 is 1.56 bits per heavy atom. The van der Waals surface area contributed by atoms with Crippen LogP contribution in [0.1, 0.15) is 22.3 Å². The van der Waals surface area contributed by atoms with Crippen molar-refractivity contribution < 1.29 is 4.39 Å². The molecule has 3 nitrogen and oxygen atoms in total. The van der Waals surface area contributed by atoms with Gasteiger partial charge in [0.05, 0.1) is 16.7 Å². The van der Waals surface area contributed by atoms with Crippen LogP contribution in [-0.4, -0.2) is 4.98 Å². The zero-order valence-corrected chi connectivity index (χ0v) is 11.4. The molecule has 0 spiro atoms. The van der Waals surface area contributed by atoms with Gasteiger partial charge in [0, 0.05) is 16.8 Å². The van der Waals surface area contributed by atoms with Crippen LogP contribution < -0.4 is 11.3 Å². The lowest BCUT2D eigenvalue weighted by molar-refractivity contribution is 0.544. The Balaban J connectivity index is 2.22. The van der Waals surface area contributed by atoms with Gasteiger partial charge in [0.2, 0.25) is 0 Å². The third kappa shape index (κ3) is 3.05. The Hall–Kier alpha value is -1.01. The highest BCUT2D eigenvalue weighted by Crippen LogP contribution is 2.26. The van der Waals surface area contributed by atoms with Gasteiger partial charge in [0.1, 0.15) is 5.82 Å². The molecule has 0 aliphatic rings. The number of rotatable bonds is 4. The first-order chi connectivity index (χ1) is 8.60. The molecule has 0 fully saturated rings. The van der Waals surface area contributed by atoms with Crippen LogP contribution in [0.15, 0.2) is 23.6 Å². The highest BCUT2D eigenvalue weighted by molar-refractivity contribution is 7.09. The third-order valence-electron chi connectivity index (χ3n) is 2.62. The fraction of sp³-hybridized carbons (Fsp3) is 0.250. The number of hydrogen-bond donors (Lipinski definition) is 2. The Kier molecular flexibility index (Phi) is 4.29. The molecule has 0 aliphatic heterocycles. The van der Waals surface area contributed by atoms with Gasteiger partial charge in [-0.2, -0.15) is 0 Å². The minimum Gasteiger partial charge on any atom is -0.271 e. The van der Waals surface area contributed by atoms with Gasteiger partial charge < -0.3 is 0 Å². The van der Waals surface area contributed by atoms with Crippen molar-refractivity contribution in [3.63, 3.8) is 0 Å². The third-order valence-corrected chi connectivity index (χ3v) is 3.77. The second-order valence-electron chi connectivity index (χ2n) is 3.95. The van der Waals surface area contributed by atoms with Crippen LogP contribution in [0.5, 0.6) is 0 Å². The van der Waals surface area contributed by atoms with Crippen molar-refractivity contribution in [1.82, 2.24) is 10.4 Å². The molecular weight excluding hydrogens is 273 g/mol.